The Hall–Kier alpha value is -1.26. The first-order valence-corrected chi connectivity index (χ1v) is 8.35. The number of carbonyl (C=O) groups excluding carboxylic acids is 1. The van der Waals surface area contributed by atoms with Crippen molar-refractivity contribution >= 4 is 12.0 Å². The molecule has 1 unspecified atom stereocenters. The fraction of sp³-hybridized carbons (Fsp3) is 0.875. The number of carboxylic acids is 1. The SMILES string of the molecule is CCC1(CNC(=O)N2CCCCCC2C(=O)O)CCCC1. The van der Waals surface area contributed by atoms with Crippen LogP contribution in [-0.4, -0.2) is 41.1 Å². The summed E-state index contributed by atoms with van der Waals surface area (Å²) >= 11 is 0. The molecule has 1 aliphatic carbocycles. The molecule has 2 N–H and O–H groups in total. The van der Waals surface area contributed by atoms with E-state index in [4.69, 9.17) is 0 Å². The molecule has 0 aromatic rings. The Labute approximate surface area is 127 Å². The number of carboxylic acid groups (broad SMARTS) is 1. The van der Waals surface area contributed by atoms with Crippen LogP contribution in [0.2, 0.25) is 0 Å². The lowest BCUT2D eigenvalue weighted by Crippen LogP contribution is -2.51. The van der Waals surface area contributed by atoms with Crippen LogP contribution in [0.5, 0.6) is 0 Å². The van der Waals surface area contributed by atoms with Gasteiger partial charge in [0.05, 0.1) is 0 Å². The third-order valence-electron chi connectivity index (χ3n) is 5.33. The van der Waals surface area contributed by atoms with Gasteiger partial charge in [-0.2, -0.15) is 0 Å². The van der Waals surface area contributed by atoms with Gasteiger partial charge >= 0.3 is 12.0 Å². The van der Waals surface area contributed by atoms with Crippen LogP contribution in [0.3, 0.4) is 0 Å². The standard InChI is InChI=1S/C16H28N2O3/c1-2-16(9-5-6-10-16)12-17-15(21)18-11-7-3-4-8-13(18)14(19)20/h13H,2-12H2,1H3,(H,17,21)(H,19,20). The highest BCUT2D eigenvalue weighted by molar-refractivity contribution is 5.82. The van der Waals surface area contributed by atoms with Gasteiger partial charge < -0.3 is 15.3 Å². The van der Waals surface area contributed by atoms with Gasteiger partial charge in [-0.15, -0.1) is 0 Å². The number of nitrogens with one attached hydrogen (secondary N) is 1. The number of likely N-dealkylation sites (tertiary alicyclic amines) is 1. The molecule has 0 radical (unpaired) electrons. The fourth-order valence-corrected chi connectivity index (χ4v) is 3.75. The average Bonchev–Trinajstić information content (AvgIpc) is 2.80. The minimum absolute atomic E-state index is 0.191. The molecule has 0 aromatic carbocycles. The third-order valence-corrected chi connectivity index (χ3v) is 5.33. The molecule has 1 saturated heterocycles. The summed E-state index contributed by atoms with van der Waals surface area (Å²) in [4.78, 5) is 25.3. The Morgan fingerprint density at radius 1 is 1.19 bits per heavy atom. The predicted molar refractivity (Wildman–Crippen MR) is 81.2 cm³/mol. The Morgan fingerprint density at radius 3 is 2.52 bits per heavy atom. The largest absolute Gasteiger partial charge is 0.480 e. The van der Waals surface area contributed by atoms with Gasteiger partial charge in [-0.25, -0.2) is 9.59 Å². The zero-order chi connectivity index (χ0) is 15.3. The maximum Gasteiger partial charge on any atom is 0.326 e. The van der Waals surface area contributed by atoms with Gasteiger partial charge in [0, 0.05) is 13.1 Å². The molecule has 0 bridgehead atoms. The Bertz CT molecular complexity index is 378. The summed E-state index contributed by atoms with van der Waals surface area (Å²) in [5, 5.41) is 12.4. The topological polar surface area (TPSA) is 69.6 Å². The van der Waals surface area contributed by atoms with Gasteiger partial charge in [-0.1, -0.05) is 32.6 Å². The number of nitrogens with zero attached hydrogens (tertiary/aromatic N) is 1. The smallest absolute Gasteiger partial charge is 0.326 e. The quantitative estimate of drug-likeness (QED) is 0.838. The normalized spacial score (nSPS) is 25.4. The molecule has 0 aromatic heterocycles. The number of carbonyl (C=O) groups is 2. The molecule has 2 aliphatic rings. The third kappa shape index (κ3) is 3.89. The molecule has 5 nitrogen and oxygen atoms in total. The van der Waals surface area contributed by atoms with Crippen molar-refractivity contribution in [1.82, 2.24) is 10.2 Å². The first-order chi connectivity index (χ1) is 10.1. The second-order valence-electron chi connectivity index (χ2n) is 6.62. The summed E-state index contributed by atoms with van der Waals surface area (Å²) in [5.74, 6) is -0.877. The molecule has 2 rings (SSSR count). The van der Waals surface area contributed by atoms with Crippen LogP contribution in [0.15, 0.2) is 0 Å². The van der Waals surface area contributed by atoms with E-state index in [0.717, 1.165) is 25.7 Å². The zero-order valence-corrected chi connectivity index (χ0v) is 13.1. The van der Waals surface area contributed by atoms with Crippen molar-refractivity contribution in [1.29, 1.82) is 0 Å². The Morgan fingerprint density at radius 2 is 1.90 bits per heavy atom. The maximum atomic E-state index is 12.4. The van der Waals surface area contributed by atoms with E-state index in [9.17, 15) is 14.7 Å². The first kappa shape index (κ1) is 16.1. The van der Waals surface area contributed by atoms with Gasteiger partial charge in [0.2, 0.25) is 0 Å². The number of hydrogen-bond acceptors (Lipinski definition) is 2. The molecule has 1 atom stereocenters. The van der Waals surface area contributed by atoms with Gasteiger partial charge in [-0.3, -0.25) is 0 Å². The van der Waals surface area contributed by atoms with Gasteiger partial charge in [0.1, 0.15) is 6.04 Å². The minimum atomic E-state index is -0.877. The van der Waals surface area contributed by atoms with Crippen LogP contribution in [0.25, 0.3) is 0 Å². The molecule has 120 valence electrons. The van der Waals surface area contributed by atoms with Crippen molar-refractivity contribution in [2.24, 2.45) is 5.41 Å². The summed E-state index contributed by atoms with van der Waals surface area (Å²) in [6.45, 7) is 3.43. The second-order valence-corrected chi connectivity index (χ2v) is 6.62. The van der Waals surface area contributed by atoms with Crippen molar-refractivity contribution in [3.05, 3.63) is 0 Å². The van der Waals surface area contributed by atoms with E-state index in [2.05, 4.69) is 12.2 Å². The van der Waals surface area contributed by atoms with Crippen molar-refractivity contribution in [3.63, 3.8) is 0 Å². The zero-order valence-electron chi connectivity index (χ0n) is 13.1. The molecule has 2 fully saturated rings. The summed E-state index contributed by atoms with van der Waals surface area (Å²) in [7, 11) is 0. The predicted octanol–water partition coefficient (Wildman–Crippen LogP) is 3.00. The highest BCUT2D eigenvalue weighted by atomic mass is 16.4. The van der Waals surface area contributed by atoms with Crippen LogP contribution in [0.1, 0.15) is 64.7 Å². The van der Waals surface area contributed by atoms with Gasteiger partial charge in [0.25, 0.3) is 0 Å². The van der Waals surface area contributed by atoms with E-state index in [0.29, 0.717) is 19.5 Å². The fourth-order valence-electron chi connectivity index (χ4n) is 3.75. The average molecular weight is 296 g/mol. The number of rotatable bonds is 4. The number of hydrogen-bond donors (Lipinski definition) is 2. The van der Waals surface area contributed by atoms with E-state index in [1.807, 2.05) is 0 Å². The summed E-state index contributed by atoms with van der Waals surface area (Å²) < 4.78 is 0. The van der Waals surface area contributed by atoms with Crippen LogP contribution in [0.4, 0.5) is 4.79 Å². The minimum Gasteiger partial charge on any atom is -0.480 e. The van der Waals surface area contributed by atoms with E-state index < -0.39 is 12.0 Å². The Balaban J connectivity index is 1.95. The van der Waals surface area contributed by atoms with Crippen molar-refractivity contribution < 1.29 is 14.7 Å². The first-order valence-electron chi connectivity index (χ1n) is 8.35. The Kier molecular flexibility index (Phi) is 5.48. The highest BCUT2D eigenvalue weighted by Crippen LogP contribution is 2.40. The number of amides is 2. The maximum absolute atomic E-state index is 12.4. The van der Waals surface area contributed by atoms with Crippen LogP contribution in [-0.2, 0) is 4.79 Å². The lowest BCUT2D eigenvalue weighted by atomic mass is 9.83. The molecule has 1 heterocycles. The van der Waals surface area contributed by atoms with E-state index in [-0.39, 0.29) is 11.4 Å². The second kappa shape index (κ2) is 7.14. The van der Waals surface area contributed by atoms with Crippen LogP contribution < -0.4 is 5.32 Å². The van der Waals surface area contributed by atoms with Crippen molar-refractivity contribution in [2.75, 3.05) is 13.1 Å². The summed E-state index contributed by atoms with van der Waals surface area (Å²) in [6, 6.07) is -0.849. The van der Waals surface area contributed by atoms with Gasteiger partial charge in [0.15, 0.2) is 0 Å². The van der Waals surface area contributed by atoms with E-state index in [1.54, 1.807) is 0 Å². The van der Waals surface area contributed by atoms with E-state index >= 15 is 0 Å². The number of urea groups is 1. The molecule has 5 heteroatoms. The molecule has 2 amide bonds. The molecule has 1 aliphatic heterocycles. The summed E-state index contributed by atoms with van der Waals surface area (Å²) in [6.07, 6.45) is 9.27. The molecular formula is C16H28N2O3. The van der Waals surface area contributed by atoms with Crippen molar-refractivity contribution in [3.8, 4) is 0 Å². The molecule has 21 heavy (non-hydrogen) atoms. The lowest BCUT2D eigenvalue weighted by Gasteiger charge is -2.31. The lowest BCUT2D eigenvalue weighted by molar-refractivity contribution is -0.142. The van der Waals surface area contributed by atoms with Gasteiger partial charge in [-0.05, 0) is 37.5 Å². The van der Waals surface area contributed by atoms with E-state index in [1.165, 1.54) is 30.6 Å². The van der Waals surface area contributed by atoms with Crippen molar-refractivity contribution in [2.45, 2.75) is 70.8 Å². The molecule has 1 saturated carbocycles. The molecule has 0 spiro atoms. The van der Waals surface area contributed by atoms with Crippen LogP contribution in [0, 0.1) is 5.41 Å². The highest BCUT2D eigenvalue weighted by Gasteiger charge is 2.35. The number of aliphatic carboxylic acids is 1. The summed E-state index contributed by atoms with van der Waals surface area (Å²) in [5.41, 5.74) is 0.236. The van der Waals surface area contributed by atoms with Crippen LogP contribution >= 0.6 is 0 Å². The monoisotopic (exact) mass is 296 g/mol. The molecular weight excluding hydrogens is 268 g/mol.